The minimum Gasteiger partial charge on any atom is -0.465 e. The summed E-state index contributed by atoms with van der Waals surface area (Å²) < 4.78 is 16.7. The van der Waals surface area contributed by atoms with Crippen LogP contribution < -0.4 is 0 Å². The molecular weight excluding hydrogens is 290 g/mol. The van der Waals surface area contributed by atoms with Gasteiger partial charge in [-0.3, -0.25) is 0 Å². The Morgan fingerprint density at radius 3 is 2.33 bits per heavy atom. The number of rotatable bonds is 3. The molecule has 21 heavy (non-hydrogen) atoms. The van der Waals surface area contributed by atoms with Crippen molar-refractivity contribution >= 4 is 24.7 Å². The molecule has 1 fully saturated rings. The highest BCUT2D eigenvalue weighted by molar-refractivity contribution is 6.46. The first-order chi connectivity index (χ1) is 9.68. The summed E-state index contributed by atoms with van der Waals surface area (Å²) >= 11 is 6.23. The standard InChI is InChI=1S/C15H20BClO4/c1-14(2)15(3,4)21-16(20-14)9-11-10(13(18)19-5)7-6-8-12(11)17/h6-8H,9H2,1-5H3. The first kappa shape index (κ1) is 16.3. The number of benzene rings is 1. The molecule has 0 atom stereocenters. The lowest BCUT2D eigenvalue weighted by molar-refractivity contribution is 0.00578. The SMILES string of the molecule is COC(=O)c1cccc(Cl)c1CB1OC(C)(C)C(C)(C)O1. The topological polar surface area (TPSA) is 44.8 Å². The fraction of sp³-hybridized carbons (Fsp3) is 0.533. The minimum absolute atomic E-state index is 0.400. The number of methoxy groups -OCH3 is 1. The second-order valence-electron chi connectivity index (χ2n) is 6.15. The zero-order valence-corrected chi connectivity index (χ0v) is 13.8. The molecule has 4 nitrogen and oxygen atoms in total. The van der Waals surface area contributed by atoms with Crippen LogP contribution in [-0.4, -0.2) is 31.4 Å². The van der Waals surface area contributed by atoms with E-state index in [4.69, 9.17) is 25.6 Å². The fourth-order valence-corrected chi connectivity index (χ4v) is 2.53. The van der Waals surface area contributed by atoms with Crippen molar-refractivity contribution in [2.75, 3.05) is 7.11 Å². The largest absolute Gasteiger partial charge is 0.465 e. The molecule has 0 radical (unpaired) electrons. The smallest absolute Gasteiger partial charge is 0.462 e. The first-order valence-electron chi connectivity index (χ1n) is 6.89. The van der Waals surface area contributed by atoms with Crippen LogP contribution in [0.5, 0.6) is 0 Å². The van der Waals surface area contributed by atoms with E-state index in [0.717, 1.165) is 0 Å². The Labute approximate surface area is 130 Å². The molecule has 0 bridgehead atoms. The van der Waals surface area contributed by atoms with Gasteiger partial charge in [0.2, 0.25) is 0 Å². The summed E-state index contributed by atoms with van der Waals surface area (Å²) in [5.41, 5.74) is 0.304. The van der Waals surface area contributed by atoms with Gasteiger partial charge in [0.25, 0.3) is 0 Å². The molecule has 0 saturated carbocycles. The molecule has 6 heteroatoms. The van der Waals surface area contributed by atoms with Crippen molar-refractivity contribution in [3.8, 4) is 0 Å². The van der Waals surface area contributed by atoms with Crippen molar-refractivity contribution in [1.82, 2.24) is 0 Å². The van der Waals surface area contributed by atoms with Crippen LogP contribution in [0.2, 0.25) is 5.02 Å². The van der Waals surface area contributed by atoms with Gasteiger partial charge in [-0.1, -0.05) is 17.7 Å². The summed E-state index contributed by atoms with van der Waals surface area (Å²) in [4.78, 5) is 11.9. The third-order valence-corrected chi connectivity index (χ3v) is 4.55. The van der Waals surface area contributed by atoms with Crippen molar-refractivity contribution < 1.29 is 18.8 Å². The number of halogens is 1. The molecule has 1 aromatic rings. The van der Waals surface area contributed by atoms with E-state index in [2.05, 4.69) is 0 Å². The Balaban J connectivity index is 2.27. The van der Waals surface area contributed by atoms with Crippen LogP contribution in [0.4, 0.5) is 0 Å². The van der Waals surface area contributed by atoms with E-state index < -0.39 is 24.3 Å². The molecule has 0 unspecified atom stereocenters. The summed E-state index contributed by atoms with van der Waals surface area (Å²) in [6.45, 7) is 7.95. The van der Waals surface area contributed by atoms with Gasteiger partial charge >= 0.3 is 13.1 Å². The molecule has 114 valence electrons. The Morgan fingerprint density at radius 1 is 1.24 bits per heavy atom. The van der Waals surface area contributed by atoms with Gasteiger partial charge in [0.05, 0.1) is 23.9 Å². The van der Waals surface area contributed by atoms with Crippen LogP contribution >= 0.6 is 11.6 Å². The van der Waals surface area contributed by atoms with E-state index >= 15 is 0 Å². The average Bonchev–Trinajstić information content (AvgIpc) is 2.59. The molecular formula is C15H20BClO4. The number of hydrogen-bond acceptors (Lipinski definition) is 4. The monoisotopic (exact) mass is 310 g/mol. The Kier molecular flexibility index (Phi) is 4.38. The van der Waals surface area contributed by atoms with Crippen molar-refractivity contribution in [2.24, 2.45) is 0 Å². The van der Waals surface area contributed by atoms with Gasteiger partial charge in [-0.05, 0) is 45.4 Å². The Morgan fingerprint density at radius 2 is 1.81 bits per heavy atom. The maximum Gasteiger partial charge on any atom is 0.462 e. The quantitative estimate of drug-likeness (QED) is 0.635. The number of carbonyl (C=O) groups is 1. The third kappa shape index (κ3) is 3.10. The van der Waals surface area contributed by atoms with E-state index in [1.807, 2.05) is 27.7 Å². The van der Waals surface area contributed by atoms with E-state index in [1.165, 1.54) is 7.11 Å². The third-order valence-electron chi connectivity index (χ3n) is 4.20. The molecule has 1 aliphatic rings. The molecule has 2 rings (SSSR count). The molecule has 0 aliphatic carbocycles. The fourth-order valence-electron chi connectivity index (χ4n) is 2.28. The molecule has 0 spiro atoms. The normalized spacial score (nSPS) is 19.6. The van der Waals surface area contributed by atoms with Gasteiger partial charge in [0.1, 0.15) is 0 Å². The molecule has 0 amide bonds. The second kappa shape index (κ2) is 5.63. The van der Waals surface area contributed by atoms with Gasteiger partial charge in [-0.15, -0.1) is 0 Å². The van der Waals surface area contributed by atoms with Crippen molar-refractivity contribution in [2.45, 2.75) is 45.2 Å². The molecule has 1 aliphatic heterocycles. The Bertz CT molecular complexity index is 541. The molecule has 1 heterocycles. The maximum absolute atomic E-state index is 11.9. The van der Waals surface area contributed by atoms with Gasteiger partial charge in [0.15, 0.2) is 0 Å². The molecule has 0 N–H and O–H groups in total. The zero-order valence-electron chi connectivity index (χ0n) is 13.0. The highest BCUT2D eigenvalue weighted by Gasteiger charge is 2.51. The predicted molar refractivity (Wildman–Crippen MR) is 82.6 cm³/mol. The van der Waals surface area contributed by atoms with Gasteiger partial charge in [-0.25, -0.2) is 4.79 Å². The van der Waals surface area contributed by atoms with Crippen LogP contribution in [0, 0.1) is 0 Å². The average molecular weight is 311 g/mol. The first-order valence-corrected chi connectivity index (χ1v) is 7.27. The number of ether oxygens (including phenoxy) is 1. The van der Waals surface area contributed by atoms with E-state index in [-0.39, 0.29) is 0 Å². The van der Waals surface area contributed by atoms with E-state index in [9.17, 15) is 4.79 Å². The second-order valence-corrected chi connectivity index (χ2v) is 6.55. The van der Waals surface area contributed by atoms with Crippen LogP contribution in [0.1, 0.15) is 43.6 Å². The van der Waals surface area contributed by atoms with Crippen LogP contribution in [0.15, 0.2) is 18.2 Å². The lowest BCUT2D eigenvalue weighted by Crippen LogP contribution is -2.41. The summed E-state index contributed by atoms with van der Waals surface area (Å²) in [5, 5.41) is 0.507. The van der Waals surface area contributed by atoms with Crippen molar-refractivity contribution in [3.63, 3.8) is 0 Å². The lowest BCUT2D eigenvalue weighted by atomic mass is 9.79. The van der Waals surface area contributed by atoms with Gasteiger partial charge in [-0.2, -0.15) is 0 Å². The molecule has 1 saturated heterocycles. The summed E-state index contributed by atoms with van der Waals surface area (Å²) in [6.07, 6.45) is 0.400. The molecule has 0 aromatic heterocycles. The van der Waals surface area contributed by atoms with Gasteiger partial charge in [0, 0.05) is 11.3 Å². The van der Waals surface area contributed by atoms with Crippen molar-refractivity contribution in [3.05, 3.63) is 34.3 Å². The summed E-state index contributed by atoms with van der Waals surface area (Å²) in [5.74, 6) is -0.413. The highest BCUT2D eigenvalue weighted by Crippen LogP contribution is 2.38. The zero-order chi connectivity index (χ0) is 15.8. The van der Waals surface area contributed by atoms with Crippen LogP contribution in [-0.2, 0) is 20.4 Å². The van der Waals surface area contributed by atoms with E-state index in [0.29, 0.717) is 22.5 Å². The number of carbonyl (C=O) groups excluding carboxylic acids is 1. The Hall–Kier alpha value is -1.04. The summed E-state index contributed by atoms with van der Waals surface area (Å²) in [6, 6.07) is 5.16. The lowest BCUT2D eigenvalue weighted by Gasteiger charge is -2.32. The maximum atomic E-state index is 11.9. The van der Waals surface area contributed by atoms with Crippen molar-refractivity contribution in [1.29, 1.82) is 0 Å². The number of hydrogen-bond donors (Lipinski definition) is 0. The number of esters is 1. The van der Waals surface area contributed by atoms with Gasteiger partial charge < -0.3 is 14.0 Å². The van der Waals surface area contributed by atoms with Crippen LogP contribution in [0.25, 0.3) is 0 Å². The van der Waals surface area contributed by atoms with Crippen LogP contribution in [0.3, 0.4) is 0 Å². The molecule has 1 aromatic carbocycles. The van der Waals surface area contributed by atoms with E-state index in [1.54, 1.807) is 18.2 Å². The summed E-state index contributed by atoms with van der Waals surface area (Å²) in [7, 11) is 0.903. The minimum atomic E-state index is -0.446. The highest BCUT2D eigenvalue weighted by atomic mass is 35.5. The predicted octanol–water partition coefficient (Wildman–Crippen LogP) is 3.30.